The quantitative estimate of drug-likeness (QED) is 0.594. The van der Waals surface area contributed by atoms with E-state index in [9.17, 15) is 9.59 Å². The molecule has 6 nitrogen and oxygen atoms in total. The third-order valence-electron chi connectivity index (χ3n) is 3.29. The molecule has 1 rings (SSSR count). The lowest BCUT2D eigenvalue weighted by Gasteiger charge is -2.22. The van der Waals surface area contributed by atoms with Crippen LogP contribution in [0.4, 0.5) is 0 Å². The summed E-state index contributed by atoms with van der Waals surface area (Å²) in [6.07, 6.45) is 1.49. The van der Waals surface area contributed by atoms with Crippen LogP contribution in [-0.4, -0.2) is 48.8 Å². The summed E-state index contributed by atoms with van der Waals surface area (Å²) < 4.78 is 5.33. The van der Waals surface area contributed by atoms with Crippen molar-refractivity contribution in [2.45, 2.75) is 45.2 Å². The van der Waals surface area contributed by atoms with E-state index in [1.165, 1.54) is 0 Å². The normalized spacial score (nSPS) is 24.1. The monoisotopic (exact) mass is 272 g/mol. The highest BCUT2D eigenvalue weighted by Gasteiger charge is 2.34. The minimum atomic E-state index is -0.885. The van der Waals surface area contributed by atoms with E-state index in [0.29, 0.717) is 19.6 Å². The van der Waals surface area contributed by atoms with Crippen molar-refractivity contribution in [2.75, 3.05) is 19.8 Å². The first-order valence-corrected chi connectivity index (χ1v) is 6.91. The Bertz CT molecular complexity index is 309. The molecule has 1 aliphatic heterocycles. The van der Waals surface area contributed by atoms with Gasteiger partial charge in [0.1, 0.15) is 0 Å². The second-order valence-corrected chi connectivity index (χ2v) is 4.90. The van der Waals surface area contributed by atoms with Crippen molar-refractivity contribution in [1.29, 1.82) is 0 Å². The Morgan fingerprint density at radius 2 is 2.11 bits per heavy atom. The number of ether oxygens (including phenoxy) is 1. The van der Waals surface area contributed by atoms with Gasteiger partial charge in [0.05, 0.1) is 25.6 Å². The summed E-state index contributed by atoms with van der Waals surface area (Å²) in [4.78, 5) is 22.9. The highest BCUT2D eigenvalue weighted by atomic mass is 16.5. The van der Waals surface area contributed by atoms with Gasteiger partial charge in [0.15, 0.2) is 0 Å². The fraction of sp³-hybridized carbons (Fsp3) is 0.846. The summed E-state index contributed by atoms with van der Waals surface area (Å²) in [6, 6.07) is -0.269. The minimum absolute atomic E-state index is 0.0251. The van der Waals surface area contributed by atoms with Crippen LogP contribution in [0.15, 0.2) is 0 Å². The third kappa shape index (κ3) is 5.16. The molecule has 0 aromatic heterocycles. The minimum Gasteiger partial charge on any atom is -0.481 e. The molecule has 1 fully saturated rings. The first kappa shape index (κ1) is 15.9. The molecular formula is C13H24N2O4. The number of aliphatic carboxylic acids is 1. The van der Waals surface area contributed by atoms with Crippen molar-refractivity contribution in [2.24, 2.45) is 5.92 Å². The number of rotatable bonds is 8. The number of carboxylic acids is 1. The SMILES string of the molecule is CCCC(CC(=O)O)NC(=O)C1COCC1NCC. The Balaban J connectivity index is 2.52. The van der Waals surface area contributed by atoms with Gasteiger partial charge < -0.3 is 20.5 Å². The number of hydrogen-bond donors (Lipinski definition) is 3. The molecule has 110 valence electrons. The second-order valence-electron chi connectivity index (χ2n) is 4.90. The van der Waals surface area contributed by atoms with E-state index in [0.717, 1.165) is 13.0 Å². The molecule has 0 radical (unpaired) electrons. The van der Waals surface area contributed by atoms with Crippen LogP contribution in [0.5, 0.6) is 0 Å². The highest BCUT2D eigenvalue weighted by Crippen LogP contribution is 2.15. The number of likely N-dealkylation sites (N-methyl/N-ethyl adjacent to an activating group) is 1. The van der Waals surface area contributed by atoms with Gasteiger partial charge in [0.25, 0.3) is 0 Å². The van der Waals surface area contributed by atoms with Crippen LogP contribution in [0.3, 0.4) is 0 Å². The molecule has 3 atom stereocenters. The molecular weight excluding hydrogens is 248 g/mol. The van der Waals surface area contributed by atoms with Crippen molar-refractivity contribution in [3.8, 4) is 0 Å². The zero-order valence-corrected chi connectivity index (χ0v) is 11.6. The Morgan fingerprint density at radius 1 is 1.37 bits per heavy atom. The zero-order chi connectivity index (χ0) is 14.3. The summed E-state index contributed by atoms with van der Waals surface area (Å²) in [5.74, 6) is -1.22. The van der Waals surface area contributed by atoms with E-state index in [1.54, 1.807) is 0 Å². The van der Waals surface area contributed by atoms with E-state index in [4.69, 9.17) is 9.84 Å². The van der Waals surface area contributed by atoms with Crippen LogP contribution < -0.4 is 10.6 Å². The molecule has 0 aromatic carbocycles. The summed E-state index contributed by atoms with van der Waals surface area (Å²) >= 11 is 0. The van der Waals surface area contributed by atoms with Gasteiger partial charge in [-0.05, 0) is 13.0 Å². The summed E-state index contributed by atoms with van der Waals surface area (Å²) in [5, 5.41) is 14.9. The van der Waals surface area contributed by atoms with Crippen LogP contribution in [-0.2, 0) is 14.3 Å². The van der Waals surface area contributed by atoms with Crippen LogP contribution in [0.1, 0.15) is 33.1 Å². The van der Waals surface area contributed by atoms with E-state index in [1.807, 2.05) is 13.8 Å². The Kier molecular flexibility index (Phi) is 6.80. The van der Waals surface area contributed by atoms with Gasteiger partial charge in [-0.2, -0.15) is 0 Å². The van der Waals surface area contributed by atoms with E-state index in [-0.39, 0.29) is 30.3 Å². The smallest absolute Gasteiger partial charge is 0.305 e. The molecule has 0 spiro atoms. The predicted octanol–water partition coefficient (Wildman–Crippen LogP) is 0.371. The van der Waals surface area contributed by atoms with Crippen LogP contribution >= 0.6 is 0 Å². The molecule has 0 aliphatic carbocycles. The highest BCUT2D eigenvalue weighted by molar-refractivity contribution is 5.81. The summed E-state index contributed by atoms with van der Waals surface area (Å²) in [7, 11) is 0. The standard InChI is InChI=1S/C13H24N2O4/c1-3-5-9(6-12(16)17)15-13(18)10-7-19-8-11(10)14-4-2/h9-11,14H,3-8H2,1-2H3,(H,15,18)(H,16,17). The maximum atomic E-state index is 12.2. The summed E-state index contributed by atoms with van der Waals surface area (Å²) in [5.41, 5.74) is 0. The maximum Gasteiger partial charge on any atom is 0.305 e. The first-order chi connectivity index (χ1) is 9.08. The average molecular weight is 272 g/mol. The number of nitrogens with one attached hydrogen (secondary N) is 2. The van der Waals surface area contributed by atoms with Gasteiger partial charge in [-0.3, -0.25) is 9.59 Å². The van der Waals surface area contributed by atoms with Crippen LogP contribution in [0, 0.1) is 5.92 Å². The van der Waals surface area contributed by atoms with Gasteiger partial charge in [0.2, 0.25) is 5.91 Å². The van der Waals surface area contributed by atoms with Gasteiger partial charge in [0, 0.05) is 12.1 Å². The third-order valence-corrected chi connectivity index (χ3v) is 3.29. The van der Waals surface area contributed by atoms with Gasteiger partial charge >= 0.3 is 5.97 Å². The molecule has 1 aliphatic rings. The molecule has 19 heavy (non-hydrogen) atoms. The molecule has 6 heteroatoms. The van der Waals surface area contributed by atoms with Crippen molar-refractivity contribution in [3.63, 3.8) is 0 Å². The Labute approximate surface area is 113 Å². The first-order valence-electron chi connectivity index (χ1n) is 6.91. The van der Waals surface area contributed by atoms with Crippen LogP contribution in [0.2, 0.25) is 0 Å². The van der Waals surface area contributed by atoms with Crippen molar-refractivity contribution < 1.29 is 19.4 Å². The zero-order valence-electron chi connectivity index (χ0n) is 11.6. The van der Waals surface area contributed by atoms with E-state index < -0.39 is 5.97 Å². The van der Waals surface area contributed by atoms with Crippen LogP contribution in [0.25, 0.3) is 0 Å². The summed E-state index contributed by atoms with van der Waals surface area (Å²) in [6.45, 7) is 5.67. The number of carbonyl (C=O) groups excluding carboxylic acids is 1. The van der Waals surface area contributed by atoms with Gasteiger partial charge in [-0.25, -0.2) is 0 Å². The van der Waals surface area contributed by atoms with Gasteiger partial charge in [-0.15, -0.1) is 0 Å². The molecule has 3 unspecified atom stereocenters. The van der Waals surface area contributed by atoms with Crippen molar-refractivity contribution in [1.82, 2.24) is 10.6 Å². The molecule has 0 saturated carbocycles. The second kappa shape index (κ2) is 8.12. The number of hydrogen-bond acceptors (Lipinski definition) is 4. The predicted molar refractivity (Wildman–Crippen MR) is 70.9 cm³/mol. The molecule has 1 saturated heterocycles. The lowest BCUT2D eigenvalue weighted by Crippen LogP contribution is -2.47. The molecule has 3 N–H and O–H groups in total. The average Bonchev–Trinajstić information content (AvgIpc) is 2.77. The van der Waals surface area contributed by atoms with Crippen molar-refractivity contribution in [3.05, 3.63) is 0 Å². The fourth-order valence-electron chi connectivity index (χ4n) is 2.37. The lowest BCUT2D eigenvalue weighted by molar-refractivity contribution is -0.137. The molecule has 1 amide bonds. The number of carboxylic acid groups (broad SMARTS) is 1. The fourth-order valence-corrected chi connectivity index (χ4v) is 2.37. The lowest BCUT2D eigenvalue weighted by atomic mass is 10.0. The Morgan fingerprint density at radius 3 is 2.68 bits per heavy atom. The molecule has 0 aromatic rings. The van der Waals surface area contributed by atoms with Crippen molar-refractivity contribution >= 4 is 11.9 Å². The Hall–Kier alpha value is -1.14. The maximum absolute atomic E-state index is 12.2. The molecule has 0 bridgehead atoms. The number of carbonyl (C=O) groups is 2. The topological polar surface area (TPSA) is 87.7 Å². The largest absolute Gasteiger partial charge is 0.481 e. The van der Waals surface area contributed by atoms with E-state index >= 15 is 0 Å². The molecule has 1 heterocycles. The van der Waals surface area contributed by atoms with Gasteiger partial charge in [-0.1, -0.05) is 20.3 Å². The number of amides is 1. The van der Waals surface area contributed by atoms with E-state index in [2.05, 4.69) is 10.6 Å².